The Labute approximate surface area is 175 Å². The number of hydrogen-bond donors (Lipinski definition) is 2. The Kier molecular flexibility index (Phi) is 7.36. The topological polar surface area (TPSA) is 57.5 Å². The zero-order valence-electron chi connectivity index (χ0n) is 17.4. The molecule has 0 spiro atoms. The molecule has 1 aliphatic heterocycles. The maximum Gasteiger partial charge on any atom is 0.435 e. The fourth-order valence-electron chi connectivity index (χ4n) is 3.65. The number of alkyl halides is 3. The van der Waals surface area contributed by atoms with Gasteiger partial charge in [0.1, 0.15) is 0 Å². The van der Waals surface area contributed by atoms with Crippen molar-refractivity contribution < 1.29 is 13.2 Å². The Morgan fingerprint density at radius 1 is 1.20 bits per heavy atom. The molecule has 9 heteroatoms. The predicted molar refractivity (Wildman–Crippen MR) is 111 cm³/mol. The first kappa shape index (κ1) is 22.1. The molecule has 2 N–H and O–H groups in total. The summed E-state index contributed by atoms with van der Waals surface area (Å²) < 4.78 is 40.6. The van der Waals surface area contributed by atoms with Gasteiger partial charge in [-0.3, -0.25) is 9.58 Å². The Morgan fingerprint density at radius 2 is 1.90 bits per heavy atom. The van der Waals surface area contributed by atoms with E-state index in [0.717, 1.165) is 32.5 Å². The maximum absolute atomic E-state index is 13.1. The van der Waals surface area contributed by atoms with Gasteiger partial charge in [0.25, 0.3) is 0 Å². The second kappa shape index (κ2) is 9.97. The van der Waals surface area contributed by atoms with Crippen molar-refractivity contribution in [2.24, 2.45) is 12.0 Å². The molecule has 2 aromatic rings. The summed E-state index contributed by atoms with van der Waals surface area (Å²) in [7, 11) is 1.48. The molecule has 2 heterocycles. The molecule has 0 amide bonds. The van der Waals surface area contributed by atoms with E-state index in [0.29, 0.717) is 12.5 Å². The molecular formula is C21H29F3N6. The fraction of sp³-hybridized carbons (Fsp3) is 0.524. The minimum atomic E-state index is -4.48. The van der Waals surface area contributed by atoms with Crippen molar-refractivity contribution in [1.82, 2.24) is 25.3 Å². The normalized spacial score (nSPS) is 16.6. The molecule has 1 aromatic heterocycles. The Morgan fingerprint density at radius 3 is 2.53 bits per heavy atom. The standard InChI is InChI=1S/C21H29F3N6/c1-3-25-20(26-13-17-15-29(2)28-19(17)21(22,23)24)27-18-9-11-30(12-10-18)14-16-7-5-4-6-8-16/h4-8,15,18H,3,9-14H2,1-2H3,(H2,25,26,27). The Hall–Kier alpha value is -2.55. The van der Waals surface area contributed by atoms with Crippen molar-refractivity contribution in [3.05, 3.63) is 53.3 Å². The van der Waals surface area contributed by atoms with Crippen LogP contribution < -0.4 is 10.6 Å². The lowest BCUT2D eigenvalue weighted by Gasteiger charge is -2.33. The summed E-state index contributed by atoms with van der Waals surface area (Å²) in [6.07, 6.45) is -1.20. The first-order valence-corrected chi connectivity index (χ1v) is 10.3. The number of likely N-dealkylation sites (tertiary alicyclic amines) is 1. The van der Waals surface area contributed by atoms with Gasteiger partial charge in [0.2, 0.25) is 0 Å². The number of rotatable bonds is 6. The molecule has 0 atom stereocenters. The third-order valence-electron chi connectivity index (χ3n) is 5.10. The van der Waals surface area contributed by atoms with Crippen LogP contribution in [0, 0.1) is 0 Å². The third kappa shape index (κ3) is 6.22. The monoisotopic (exact) mass is 422 g/mol. The van der Waals surface area contributed by atoms with Crippen LogP contribution in [-0.4, -0.2) is 46.3 Å². The number of hydrogen-bond acceptors (Lipinski definition) is 3. The lowest BCUT2D eigenvalue weighted by molar-refractivity contribution is -0.142. The zero-order valence-corrected chi connectivity index (χ0v) is 17.4. The van der Waals surface area contributed by atoms with Gasteiger partial charge in [0, 0.05) is 51.0 Å². The summed E-state index contributed by atoms with van der Waals surface area (Å²) in [4.78, 5) is 6.80. The Bertz CT molecular complexity index is 823. The van der Waals surface area contributed by atoms with Crippen molar-refractivity contribution >= 4 is 5.96 Å². The third-order valence-corrected chi connectivity index (χ3v) is 5.10. The van der Waals surface area contributed by atoms with E-state index in [1.165, 1.54) is 23.5 Å². The van der Waals surface area contributed by atoms with E-state index >= 15 is 0 Å². The average Bonchev–Trinajstić information content (AvgIpc) is 3.10. The van der Waals surface area contributed by atoms with Crippen molar-refractivity contribution in [2.75, 3.05) is 19.6 Å². The molecule has 164 valence electrons. The van der Waals surface area contributed by atoms with Gasteiger partial charge in [-0.1, -0.05) is 30.3 Å². The molecule has 30 heavy (non-hydrogen) atoms. The molecule has 0 unspecified atom stereocenters. The van der Waals surface area contributed by atoms with Gasteiger partial charge in [-0.25, -0.2) is 4.99 Å². The number of nitrogens with one attached hydrogen (secondary N) is 2. The highest BCUT2D eigenvalue weighted by atomic mass is 19.4. The van der Waals surface area contributed by atoms with Crippen LogP contribution in [0.1, 0.15) is 36.6 Å². The molecule has 0 radical (unpaired) electrons. The number of aromatic nitrogens is 2. The van der Waals surface area contributed by atoms with E-state index in [9.17, 15) is 13.2 Å². The summed E-state index contributed by atoms with van der Waals surface area (Å²) in [5.41, 5.74) is 0.495. The van der Waals surface area contributed by atoms with Crippen LogP contribution in [0.25, 0.3) is 0 Å². The molecule has 1 saturated heterocycles. The van der Waals surface area contributed by atoms with Gasteiger partial charge in [-0.2, -0.15) is 18.3 Å². The first-order chi connectivity index (χ1) is 14.3. The smallest absolute Gasteiger partial charge is 0.357 e. The molecule has 0 saturated carbocycles. The number of benzene rings is 1. The van der Waals surface area contributed by atoms with Crippen molar-refractivity contribution in [2.45, 2.75) is 45.1 Å². The molecule has 1 aromatic carbocycles. The van der Waals surface area contributed by atoms with Gasteiger partial charge in [-0.15, -0.1) is 0 Å². The minimum Gasteiger partial charge on any atom is -0.357 e. The van der Waals surface area contributed by atoms with Crippen LogP contribution >= 0.6 is 0 Å². The maximum atomic E-state index is 13.1. The van der Waals surface area contributed by atoms with Gasteiger partial charge in [0.15, 0.2) is 11.7 Å². The molecular weight excluding hydrogens is 393 g/mol. The predicted octanol–water partition coefficient (Wildman–Crippen LogP) is 3.16. The van der Waals surface area contributed by atoms with E-state index < -0.39 is 11.9 Å². The van der Waals surface area contributed by atoms with Crippen LogP contribution in [0.15, 0.2) is 41.5 Å². The van der Waals surface area contributed by atoms with Crippen LogP contribution in [0.3, 0.4) is 0 Å². The minimum absolute atomic E-state index is 0.0693. The van der Waals surface area contributed by atoms with E-state index in [-0.39, 0.29) is 18.2 Å². The highest BCUT2D eigenvalue weighted by Gasteiger charge is 2.36. The van der Waals surface area contributed by atoms with Crippen LogP contribution in [0.5, 0.6) is 0 Å². The van der Waals surface area contributed by atoms with Gasteiger partial charge < -0.3 is 10.6 Å². The number of aliphatic imine (C=N–C) groups is 1. The summed E-state index contributed by atoms with van der Waals surface area (Å²) >= 11 is 0. The summed E-state index contributed by atoms with van der Waals surface area (Å²) in [6, 6.07) is 10.6. The lowest BCUT2D eigenvalue weighted by Crippen LogP contribution is -2.48. The second-order valence-electron chi connectivity index (χ2n) is 7.55. The second-order valence-corrected chi connectivity index (χ2v) is 7.55. The van der Waals surface area contributed by atoms with Crippen LogP contribution in [0.2, 0.25) is 0 Å². The van der Waals surface area contributed by atoms with Gasteiger partial charge in [-0.05, 0) is 25.3 Å². The highest BCUT2D eigenvalue weighted by molar-refractivity contribution is 5.80. The molecule has 0 bridgehead atoms. The Balaban J connectivity index is 1.56. The van der Waals surface area contributed by atoms with Crippen LogP contribution in [0.4, 0.5) is 13.2 Å². The molecule has 6 nitrogen and oxygen atoms in total. The SMILES string of the molecule is CCNC(=NCc1cn(C)nc1C(F)(F)F)NC1CCN(Cc2ccccc2)CC1. The van der Waals surface area contributed by atoms with Gasteiger partial charge >= 0.3 is 6.18 Å². The van der Waals surface area contributed by atoms with E-state index in [1.54, 1.807) is 0 Å². The zero-order chi connectivity index (χ0) is 21.6. The summed E-state index contributed by atoms with van der Waals surface area (Å²) in [5.74, 6) is 0.538. The highest BCUT2D eigenvalue weighted by Crippen LogP contribution is 2.30. The summed E-state index contributed by atoms with van der Waals surface area (Å²) in [6.45, 7) is 5.36. The molecule has 0 aliphatic carbocycles. The van der Waals surface area contributed by atoms with Crippen molar-refractivity contribution in [3.63, 3.8) is 0 Å². The quantitative estimate of drug-likeness (QED) is 0.555. The number of piperidine rings is 1. The van der Waals surface area contributed by atoms with Crippen LogP contribution in [-0.2, 0) is 26.3 Å². The van der Waals surface area contributed by atoms with E-state index in [1.807, 2.05) is 13.0 Å². The number of aryl methyl sites for hydroxylation is 1. The fourth-order valence-corrected chi connectivity index (χ4v) is 3.65. The lowest BCUT2D eigenvalue weighted by atomic mass is 10.0. The first-order valence-electron chi connectivity index (χ1n) is 10.3. The number of nitrogens with zero attached hydrogens (tertiary/aromatic N) is 4. The molecule has 1 fully saturated rings. The summed E-state index contributed by atoms with van der Waals surface area (Å²) in [5, 5.41) is 10.1. The van der Waals surface area contributed by atoms with E-state index in [4.69, 9.17) is 0 Å². The average molecular weight is 422 g/mol. The largest absolute Gasteiger partial charge is 0.435 e. The number of halogens is 3. The van der Waals surface area contributed by atoms with Gasteiger partial charge in [0.05, 0.1) is 6.54 Å². The van der Waals surface area contributed by atoms with E-state index in [2.05, 4.69) is 49.9 Å². The molecule has 1 aliphatic rings. The van der Waals surface area contributed by atoms with Crippen molar-refractivity contribution in [1.29, 1.82) is 0 Å². The van der Waals surface area contributed by atoms with Crippen molar-refractivity contribution in [3.8, 4) is 0 Å². The number of guanidine groups is 1. The molecule has 3 rings (SSSR count).